The molecule has 0 radical (unpaired) electrons. The molecule has 1 saturated heterocycles. The minimum atomic E-state index is -0.0771. The summed E-state index contributed by atoms with van der Waals surface area (Å²) in [4.78, 5) is 24.8. The number of carbonyl (C=O) groups excluding carboxylic acids is 2. The molecule has 0 spiro atoms. The van der Waals surface area contributed by atoms with Crippen molar-refractivity contribution in [1.82, 2.24) is 15.5 Å². The van der Waals surface area contributed by atoms with Crippen LogP contribution in [-0.4, -0.2) is 36.0 Å². The molecule has 21 heavy (non-hydrogen) atoms. The van der Waals surface area contributed by atoms with Crippen molar-refractivity contribution in [3.63, 3.8) is 0 Å². The highest BCUT2D eigenvalue weighted by molar-refractivity contribution is 5.77. The van der Waals surface area contributed by atoms with E-state index in [9.17, 15) is 9.59 Å². The maximum atomic E-state index is 12.2. The van der Waals surface area contributed by atoms with E-state index in [2.05, 4.69) is 36.6 Å². The van der Waals surface area contributed by atoms with Crippen LogP contribution in [0.5, 0.6) is 0 Å². The lowest BCUT2D eigenvalue weighted by molar-refractivity contribution is -0.120. The molecular formula is C16H23N3O2. The van der Waals surface area contributed by atoms with E-state index >= 15 is 0 Å². The summed E-state index contributed by atoms with van der Waals surface area (Å²) in [6, 6.07) is 6.12. The lowest BCUT2D eigenvalue weighted by atomic mass is 9.97. The Morgan fingerprint density at radius 3 is 2.33 bits per heavy atom. The number of hydrogen-bond acceptors (Lipinski definition) is 2. The van der Waals surface area contributed by atoms with Gasteiger partial charge in [0.1, 0.15) is 0 Å². The maximum Gasteiger partial charge on any atom is 0.318 e. The fourth-order valence-corrected chi connectivity index (χ4v) is 2.88. The monoisotopic (exact) mass is 289 g/mol. The molecule has 1 atom stereocenters. The topological polar surface area (TPSA) is 61.4 Å². The minimum absolute atomic E-state index is 0.0292. The van der Waals surface area contributed by atoms with Crippen LogP contribution < -0.4 is 10.6 Å². The number of benzene rings is 1. The summed E-state index contributed by atoms with van der Waals surface area (Å²) in [7, 11) is 0. The molecule has 1 aromatic rings. The first-order chi connectivity index (χ1) is 9.88. The van der Waals surface area contributed by atoms with Crippen LogP contribution in [0.2, 0.25) is 0 Å². The SMILES string of the molecule is CC(=O)NC1CN(C(=O)N[C@H](C)c2c(C)cccc2C)C1. The van der Waals surface area contributed by atoms with Gasteiger partial charge in [-0.1, -0.05) is 18.2 Å². The van der Waals surface area contributed by atoms with Crippen LogP contribution in [0.3, 0.4) is 0 Å². The first-order valence-corrected chi connectivity index (χ1v) is 7.27. The predicted molar refractivity (Wildman–Crippen MR) is 82.0 cm³/mol. The fourth-order valence-electron chi connectivity index (χ4n) is 2.88. The van der Waals surface area contributed by atoms with E-state index in [1.807, 2.05) is 13.0 Å². The Balaban J connectivity index is 1.91. The Hall–Kier alpha value is -2.04. The van der Waals surface area contributed by atoms with E-state index in [4.69, 9.17) is 0 Å². The normalized spacial score (nSPS) is 16.1. The van der Waals surface area contributed by atoms with Gasteiger partial charge in [0.25, 0.3) is 0 Å². The van der Waals surface area contributed by atoms with Gasteiger partial charge in [-0.25, -0.2) is 4.79 Å². The molecule has 2 N–H and O–H groups in total. The summed E-state index contributed by atoms with van der Waals surface area (Å²) in [5.41, 5.74) is 3.54. The molecule has 5 nitrogen and oxygen atoms in total. The van der Waals surface area contributed by atoms with E-state index in [0.29, 0.717) is 13.1 Å². The molecular weight excluding hydrogens is 266 g/mol. The van der Waals surface area contributed by atoms with Crippen molar-refractivity contribution in [3.8, 4) is 0 Å². The van der Waals surface area contributed by atoms with Gasteiger partial charge in [-0.15, -0.1) is 0 Å². The Morgan fingerprint density at radius 1 is 1.24 bits per heavy atom. The highest BCUT2D eigenvalue weighted by Crippen LogP contribution is 2.22. The van der Waals surface area contributed by atoms with Gasteiger partial charge in [-0.05, 0) is 37.5 Å². The molecule has 2 rings (SSSR count). The average Bonchev–Trinajstić information content (AvgIpc) is 2.32. The fraction of sp³-hybridized carbons (Fsp3) is 0.500. The van der Waals surface area contributed by atoms with Gasteiger partial charge < -0.3 is 15.5 Å². The van der Waals surface area contributed by atoms with Gasteiger partial charge in [0.05, 0.1) is 12.1 Å². The number of nitrogens with one attached hydrogen (secondary N) is 2. The number of nitrogens with zero attached hydrogens (tertiary/aromatic N) is 1. The molecule has 0 saturated carbocycles. The zero-order chi connectivity index (χ0) is 15.6. The number of amides is 3. The van der Waals surface area contributed by atoms with E-state index in [-0.39, 0.29) is 24.0 Å². The second-order valence-electron chi connectivity index (χ2n) is 5.78. The van der Waals surface area contributed by atoms with Crippen LogP contribution in [0.15, 0.2) is 18.2 Å². The van der Waals surface area contributed by atoms with Crippen molar-refractivity contribution >= 4 is 11.9 Å². The van der Waals surface area contributed by atoms with Gasteiger partial charge in [0, 0.05) is 20.0 Å². The van der Waals surface area contributed by atoms with Gasteiger partial charge in [-0.3, -0.25) is 4.79 Å². The van der Waals surface area contributed by atoms with Crippen LogP contribution in [0.25, 0.3) is 0 Å². The van der Waals surface area contributed by atoms with Gasteiger partial charge in [0.2, 0.25) is 5.91 Å². The predicted octanol–water partition coefficient (Wildman–Crippen LogP) is 1.89. The molecule has 1 aliphatic rings. The molecule has 0 unspecified atom stereocenters. The number of aryl methyl sites for hydroxylation is 2. The molecule has 0 bridgehead atoms. The summed E-state index contributed by atoms with van der Waals surface area (Å²) >= 11 is 0. The molecule has 1 aromatic carbocycles. The van der Waals surface area contributed by atoms with Crippen LogP contribution >= 0.6 is 0 Å². The van der Waals surface area contributed by atoms with E-state index in [1.54, 1.807) is 4.90 Å². The molecule has 1 heterocycles. The zero-order valence-electron chi connectivity index (χ0n) is 13.1. The maximum absolute atomic E-state index is 12.2. The van der Waals surface area contributed by atoms with E-state index in [0.717, 1.165) is 0 Å². The molecule has 1 aliphatic heterocycles. The van der Waals surface area contributed by atoms with Gasteiger partial charge in [0.15, 0.2) is 0 Å². The van der Waals surface area contributed by atoms with Crippen molar-refractivity contribution in [1.29, 1.82) is 0 Å². The van der Waals surface area contributed by atoms with Gasteiger partial charge in [-0.2, -0.15) is 0 Å². The summed E-state index contributed by atoms with van der Waals surface area (Å²) in [6.07, 6.45) is 0. The van der Waals surface area contributed by atoms with Crippen molar-refractivity contribution < 1.29 is 9.59 Å². The van der Waals surface area contributed by atoms with Crippen molar-refractivity contribution in [2.75, 3.05) is 13.1 Å². The van der Waals surface area contributed by atoms with Crippen molar-refractivity contribution in [3.05, 3.63) is 34.9 Å². The van der Waals surface area contributed by atoms with Crippen molar-refractivity contribution in [2.24, 2.45) is 0 Å². The second-order valence-corrected chi connectivity index (χ2v) is 5.78. The van der Waals surface area contributed by atoms with Crippen molar-refractivity contribution in [2.45, 2.75) is 39.8 Å². The Labute approximate surface area is 125 Å². The molecule has 3 amide bonds. The lowest BCUT2D eigenvalue weighted by Crippen LogP contribution is -2.62. The third kappa shape index (κ3) is 3.54. The molecule has 5 heteroatoms. The van der Waals surface area contributed by atoms with Gasteiger partial charge >= 0.3 is 6.03 Å². The number of rotatable bonds is 3. The summed E-state index contributed by atoms with van der Waals surface area (Å²) in [5.74, 6) is -0.0519. The third-order valence-corrected chi connectivity index (χ3v) is 3.89. The second kappa shape index (κ2) is 6.16. The summed E-state index contributed by atoms with van der Waals surface area (Å²) in [6.45, 7) is 8.75. The number of carbonyl (C=O) groups is 2. The highest BCUT2D eigenvalue weighted by atomic mass is 16.2. The largest absolute Gasteiger partial charge is 0.350 e. The quantitative estimate of drug-likeness (QED) is 0.892. The average molecular weight is 289 g/mol. The minimum Gasteiger partial charge on any atom is -0.350 e. The zero-order valence-corrected chi connectivity index (χ0v) is 13.1. The van der Waals surface area contributed by atoms with Crippen LogP contribution in [0.1, 0.15) is 36.6 Å². The number of likely N-dealkylation sites (tertiary alicyclic amines) is 1. The Morgan fingerprint density at radius 2 is 1.81 bits per heavy atom. The Kier molecular flexibility index (Phi) is 4.50. The molecule has 114 valence electrons. The first-order valence-electron chi connectivity index (χ1n) is 7.27. The Bertz CT molecular complexity index is 530. The van der Waals surface area contributed by atoms with Crippen LogP contribution in [0.4, 0.5) is 4.79 Å². The smallest absolute Gasteiger partial charge is 0.318 e. The first kappa shape index (κ1) is 15.4. The van der Waals surface area contributed by atoms with E-state index in [1.165, 1.54) is 23.6 Å². The number of hydrogen-bond donors (Lipinski definition) is 2. The van der Waals surface area contributed by atoms with Crippen LogP contribution in [0, 0.1) is 13.8 Å². The lowest BCUT2D eigenvalue weighted by Gasteiger charge is -2.39. The molecule has 1 fully saturated rings. The summed E-state index contributed by atoms with van der Waals surface area (Å²) in [5, 5.41) is 5.83. The standard InChI is InChI=1S/C16H23N3O2/c1-10-6-5-7-11(2)15(10)12(3)17-16(21)19-8-14(9-19)18-13(4)20/h5-7,12,14H,8-9H2,1-4H3,(H,17,21)(H,18,20)/t12-/m1/s1. The van der Waals surface area contributed by atoms with Crippen LogP contribution in [-0.2, 0) is 4.79 Å². The third-order valence-electron chi connectivity index (χ3n) is 3.89. The molecule has 0 aromatic heterocycles. The summed E-state index contributed by atoms with van der Waals surface area (Å²) < 4.78 is 0. The van der Waals surface area contributed by atoms with E-state index < -0.39 is 0 Å². The number of urea groups is 1. The molecule has 0 aliphatic carbocycles. The highest BCUT2D eigenvalue weighted by Gasteiger charge is 2.31.